The summed E-state index contributed by atoms with van der Waals surface area (Å²) in [5.41, 5.74) is 2.21. The number of nitrogens with zero attached hydrogens (tertiary/aromatic N) is 2. The van der Waals surface area contributed by atoms with Crippen molar-refractivity contribution in [1.82, 2.24) is 4.98 Å². The second-order valence-electron chi connectivity index (χ2n) is 6.38. The topological polar surface area (TPSA) is 66.7 Å². The number of fused-ring (bicyclic) bond motifs is 1. The molecular formula is C17H21N3O2S. The fourth-order valence-electron chi connectivity index (χ4n) is 2.65. The van der Waals surface area contributed by atoms with E-state index >= 15 is 0 Å². The maximum Gasteiger partial charge on any atom is 0.183 e. The lowest BCUT2D eigenvalue weighted by Gasteiger charge is -2.10. The Morgan fingerprint density at radius 2 is 2.04 bits per heavy atom. The van der Waals surface area contributed by atoms with Crippen molar-refractivity contribution < 1.29 is 9.94 Å². The molecule has 2 saturated carbocycles. The van der Waals surface area contributed by atoms with Gasteiger partial charge in [0.1, 0.15) is 12.7 Å². The number of nitrogens with one attached hydrogen (secondary N) is 1. The summed E-state index contributed by atoms with van der Waals surface area (Å²) in [7, 11) is 0. The van der Waals surface area contributed by atoms with Crippen LogP contribution in [-0.2, 0) is 4.84 Å². The van der Waals surface area contributed by atoms with E-state index in [1.807, 2.05) is 24.3 Å². The van der Waals surface area contributed by atoms with Crippen LogP contribution in [0.15, 0.2) is 29.4 Å². The van der Waals surface area contributed by atoms with Crippen LogP contribution in [0.1, 0.15) is 25.7 Å². The zero-order valence-corrected chi connectivity index (χ0v) is 13.8. The van der Waals surface area contributed by atoms with Gasteiger partial charge in [-0.15, -0.1) is 0 Å². The molecule has 2 aliphatic rings. The zero-order chi connectivity index (χ0) is 15.6. The van der Waals surface area contributed by atoms with Crippen molar-refractivity contribution in [2.24, 2.45) is 17.0 Å². The highest BCUT2D eigenvalue weighted by molar-refractivity contribution is 7.22. The van der Waals surface area contributed by atoms with Crippen LogP contribution in [0.4, 0.5) is 5.13 Å². The van der Waals surface area contributed by atoms with Crippen molar-refractivity contribution in [3.63, 3.8) is 0 Å². The van der Waals surface area contributed by atoms with Crippen molar-refractivity contribution in [3.8, 4) is 0 Å². The molecule has 4 rings (SSSR count). The van der Waals surface area contributed by atoms with Crippen molar-refractivity contribution in [2.45, 2.75) is 31.8 Å². The maximum absolute atomic E-state index is 10.0. The van der Waals surface area contributed by atoms with E-state index in [9.17, 15) is 5.11 Å². The molecule has 2 aromatic rings. The number of rotatable bonds is 8. The molecular weight excluding hydrogens is 310 g/mol. The highest BCUT2D eigenvalue weighted by Crippen LogP contribution is 2.42. The van der Waals surface area contributed by atoms with Gasteiger partial charge in [0.2, 0.25) is 0 Å². The van der Waals surface area contributed by atoms with Gasteiger partial charge < -0.3 is 15.3 Å². The SMILES string of the molecule is OC(CNc1nc2ccccc2s1)CON=C(C1CC1)C1CC1. The summed E-state index contributed by atoms with van der Waals surface area (Å²) < 4.78 is 1.14. The number of thiazole rings is 1. The van der Waals surface area contributed by atoms with Crippen molar-refractivity contribution in [3.05, 3.63) is 24.3 Å². The molecule has 1 heterocycles. The van der Waals surface area contributed by atoms with Gasteiger partial charge in [0, 0.05) is 18.4 Å². The Morgan fingerprint density at radius 3 is 2.74 bits per heavy atom. The van der Waals surface area contributed by atoms with Gasteiger partial charge in [0.05, 0.1) is 15.9 Å². The van der Waals surface area contributed by atoms with Crippen LogP contribution in [-0.4, -0.2) is 35.1 Å². The lowest BCUT2D eigenvalue weighted by molar-refractivity contribution is 0.0461. The van der Waals surface area contributed by atoms with Gasteiger partial charge in [0.15, 0.2) is 5.13 Å². The third-order valence-corrected chi connectivity index (χ3v) is 5.21. The van der Waals surface area contributed by atoms with E-state index in [0.29, 0.717) is 18.4 Å². The van der Waals surface area contributed by atoms with Gasteiger partial charge in [0.25, 0.3) is 0 Å². The van der Waals surface area contributed by atoms with E-state index in [1.54, 1.807) is 11.3 Å². The molecule has 2 N–H and O–H groups in total. The molecule has 5 nitrogen and oxygen atoms in total. The molecule has 1 unspecified atom stereocenters. The molecule has 1 aromatic carbocycles. The standard InChI is InChI=1S/C17H21N3O2S/c21-13(10-22-20-16(11-5-6-11)12-7-8-12)9-18-17-19-14-3-1-2-4-15(14)23-17/h1-4,11-13,21H,5-10H2,(H,18,19). The molecule has 23 heavy (non-hydrogen) atoms. The van der Waals surface area contributed by atoms with Gasteiger partial charge in [-0.3, -0.25) is 0 Å². The molecule has 1 aromatic heterocycles. The number of benzene rings is 1. The molecule has 0 aliphatic heterocycles. The fourth-order valence-corrected chi connectivity index (χ4v) is 3.52. The van der Waals surface area contributed by atoms with Crippen LogP contribution >= 0.6 is 11.3 Å². The van der Waals surface area contributed by atoms with E-state index < -0.39 is 6.10 Å². The number of aliphatic hydroxyl groups excluding tert-OH is 1. The lowest BCUT2D eigenvalue weighted by Crippen LogP contribution is -2.24. The number of anilines is 1. The summed E-state index contributed by atoms with van der Waals surface area (Å²) in [5, 5.41) is 18.3. The minimum atomic E-state index is -0.592. The number of aliphatic hydroxyl groups is 1. The Labute approximate surface area is 139 Å². The van der Waals surface area contributed by atoms with Crippen LogP contribution in [0.3, 0.4) is 0 Å². The van der Waals surface area contributed by atoms with Gasteiger partial charge in [-0.25, -0.2) is 4.98 Å². The Bertz CT molecular complexity index is 660. The summed E-state index contributed by atoms with van der Waals surface area (Å²) >= 11 is 1.59. The average molecular weight is 331 g/mol. The van der Waals surface area contributed by atoms with E-state index in [2.05, 4.69) is 15.5 Å². The highest BCUT2D eigenvalue weighted by atomic mass is 32.1. The monoisotopic (exact) mass is 331 g/mol. The van der Waals surface area contributed by atoms with Crippen molar-refractivity contribution >= 4 is 32.4 Å². The van der Waals surface area contributed by atoms with Gasteiger partial charge in [-0.05, 0) is 37.8 Å². The fraction of sp³-hybridized carbons (Fsp3) is 0.529. The first kappa shape index (κ1) is 14.9. The Balaban J connectivity index is 1.25. The normalized spacial score (nSPS) is 18.7. The largest absolute Gasteiger partial charge is 0.393 e. The second kappa shape index (κ2) is 6.45. The number of oxime groups is 1. The zero-order valence-electron chi connectivity index (χ0n) is 12.9. The van der Waals surface area contributed by atoms with E-state index in [4.69, 9.17) is 4.84 Å². The second-order valence-corrected chi connectivity index (χ2v) is 7.41. The smallest absolute Gasteiger partial charge is 0.183 e. The number of hydrogen-bond acceptors (Lipinski definition) is 6. The van der Waals surface area contributed by atoms with Gasteiger partial charge in [-0.2, -0.15) is 0 Å². The van der Waals surface area contributed by atoms with Crippen molar-refractivity contribution in [2.75, 3.05) is 18.5 Å². The molecule has 0 bridgehead atoms. The molecule has 0 saturated heterocycles. The average Bonchev–Trinajstić information content (AvgIpc) is 3.47. The number of para-hydroxylation sites is 1. The lowest BCUT2D eigenvalue weighted by atomic mass is 10.2. The minimum absolute atomic E-state index is 0.223. The summed E-state index contributed by atoms with van der Waals surface area (Å²) in [6.45, 7) is 0.637. The summed E-state index contributed by atoms with van der Waals surface area (Å²) in [6, 6.07) is 8.01. The van der Waals surface area contributed by atoms with Gasteiger partial charge >= 0.3 is 0 Å². The third kappa shape index (κ3) is 3.82. The summed E-state index contributed by atoms with van der Waals surface area (Å²) in [5.74, 6) is 1.31. The van der Waals surface area contributed by atoms with Crippen LogP contribution < -0.4 is 5.32 Å². The van der Waals surface area contributed by atoms with E-state index in [0.717, 1.165) is 15.3 Å². The van der Waals surface area contributed by atoms with E-state index in [-0.39, 0.29) is 6.61 Å². The summed E-state index contributed by atoms with van der Waals surface area (Å²) in [6.07, 6.45) is 4.41. The molecule has 0 amide bonds. The molecule has 0 spiro atoms. The molecule has 0 radical (unpaired) electrons. The Hall–Kier alpha value is -1.66. The Kier molecular flexibility index (Phi) is 4.18. The minimum Gasteiger partial charge on any atom is -0.393 e. The third-order valence-electron chi connectivity index (χ3n) is 4.21. The maximum atomic E-state index is 10.0. The van der Waals surface area contributed by atoms with Crippen LogP contribution in [0.2, 0.25) is 0 Å². The summed E-state index contributed by atoms with van der Waals surface area (Å²) in [4.78, 5) is 9.87. The first-order chi connectivity index (χ1) is 11.3. The first-order valence-electron chi connectivity index (χ1n) is 8.27. The Morgan fingerprint density at radius 1 is 1.30 bits per heavy atom. The number of aromatic nitrogens is 1. The number of hydrogen-bond donors (Lipinski definition) is 2. The predicted molar refractivity (Wildman–Crippen MR) is 93.0 cm³/mol. The van der Waals surface area contributed by atoms with Crippen LogP contribution in [0.5, 0.6) is 0 Å². The first-order valence-corrected chi connectivity index (χ1v) is 9.08. The highest BCUT2D eigenvalue weighted by Gasteiger charge is 2.38. The van der Waals surface area contributed by atoms with Gasteiger partial charge in [-0.1, -0.05) is 28.6 Å². The predicted octanol–water partition coefficient (Wildman–Crippen LogP) is 3.26. The van der Waals surface area contributed by atoms with E-state index in [1.165, 1.54) is 31.4 Å². The van der Waals surface area contributed by atoms with Crippen molar-refractivity contribution in [1.29, 1.82) is 0 Å². The molecule has 1 atom stereocenters. The molecule has 122 valence electrons. The molecule has 6 heteroatoms. The van der Waals surface area contributed by atoms with Crippen LogP contribution in [0.25, 0.3) is 10.2 Å². The molecule has 2 aliphatic carbocycles. The van der Waals surface area contributed by atoms with Crippen LogP contribution in [0, 0.1) is 11.8 Å². The molecule has 2 fully saturated rings. The quantitative estimate of drug-likeness (QED) is 0.575.